The molecule has 2 rings (SSSR count). The van der Waals surface area contributed by atoms with E-state index in [0.29, 0.717) is 0 Å². The molecule has 0 saturated heterocycles. The Balaban J connectivity index is 2.22. The largest absolute Gasteiger partial charge is 0.491 e. The van der Waals surface area contributed by atoms with Crippen LogP contribution in [0.25, 0.3) is 0 Å². The minimum atomic E-state index is 0.212. The molecule has 1 aromatic carbocycles. The molecule has 0 fully saturated rings. The van der Waals surface area contributed by atoms with E-state index >= 15 is 0 Å². The zero-order chi connectivity index (χ0) is 15.2. The van der Waals surface area contributed by atoms with E-state index in [0.717, 1.165) is 18.7 Å². The van der Waals surface area contributed by atoms with Crippen LogP contribution in [0.2, 0.25) is 0 Å². The number of hydrogen-bond acceptors (Lipinski definition) is 3. The van der Waals surface area contributed by atoms with Crippen molar-refractivity contribution in [2.24, 2.45) is 0 Å². The Morgan fingerprint density at radius 3 is 2.38 bits per heavy atom. The van der Waals surface area contributed by atoms with Gasteiger partial charge in [0.05, 0.1) is 12.1 Å². The normalized spacial score (nSPS) is 12.6. The molecule has 0 amide bonds. The topological polar surface area (TPSA) is 21.3 Å². The molecule has 0 aliphatic rings. The number of ether oxygens (including phenoxy) is 1. The number of benzene rings is 1. The first-order valence-corrected chi connectivity index (χ1v) is 8.58. The molecular formula is C18H25NOS. The Morgan fingerprint density at radius 2 is 1.86 bits per heavy atom. The van der Waals surface area contributed by atoms with E-state index in [-0.39, 0.29) is 12.1 Å². The molecule has 2 aromatic rings. The van der Waals surface area contributed by atoms with Gasteiger partial charge in [-0.3, -0.25) is 0 Å². The van der Waals surface area contributed by atoms with Gasteiger partial charge in [-0.1, -0.05) is 19.1 Å². The van der Waals surface area contributed by atoms with E-state index < -0.39 is 0 Å². The number of nitrogens with one attached hydrogen (secondary N) is 1. The second-order valence-corrected chi connectivity index (χ2v) is 6.38. The summed E-state index contributed by atoms with van der Waals surface area (Å²) in [7, 11) is 0. The third-order valence-corrected chi connectivity index (χ3v) is 4.27. The van der Waals surface area contributed by atoms with Gasteiger partial charge in [0.25, 0.3) is 0 Å². The molecule has 0 aliphatic heterocycles. The second-order valence-electron chi connectivity index (χ2n) is 5.63. The highest BCUT2D eigenvalue weighted by Crippen LogP contribution is 2.29. The van der Waals surface area contributed by atoms with Gasteiger partial charge >= 0.3 is 0 Å². The molecule has 0 bridgehead atoms. The molecule has 1 N–H and O–H groups in total. The molecule has 1 atom stereocenters. The Morgan fingerprint density at radius 1 is 1.14 bits per heavy atom. The predicted molar refractivity (Wildman–Crippen MR) is 91.4 cm³/mol. The summed E-state index contributed by atoms with van der Waals surface area (Å²) >= 11 is 1.77. The van der Waals surface area contributed by atoms with Crippen molar-refractivity contribution in [1.29, 1.82) is 0 Å². The Labute approximate surface area is 132 Å². The van der Waals surface area contributed by atoms with Crippen LogP contribution in [0.15, 0.2) is 35.0 Å². The molecule has 1 heterocycles. The molecule has 0 radical (unpaired) electrons. The molecular weight excluding hydrogens is 278 g/mol. The van der Waals surface area contributed by atoms with E-state index in [1.165, 1.54) is 16.7 Å². The summed E-state index contributed by atoms with van der Waals surface area (Å²) in [5.74, 6) is 0.935. The number of hydrogen-bond donors (Lipinski definition) is 1. The first-order valence-electron chi connectivity index (χ1n) is 7.64. The summed E-state index contributed by atoms with van der Waals surface area (Å²) in [4.78, 5) is 0. The van der Waals surface area contributed by atoms with Crippen LogP contribution in [0, 0.1) is 6.92 Å². The van der Waals surface area contributed by atoms with Gasteiger partial charge in [0.1, 0.15) is 5.75 Å². The van der Waals surface area contributed by atoms with Gasteiger partial charge in [-0.2, -0.15) is 11.3 Å². The minimum Gasteiger partial charge on any atom is -0.491 e. The SMILES string of the molecule is CCCNC(c1ccc(OC(C)C)cc1)c1cscc1C. The molecule has 1 unspecified atom stereocenters. The van der Waals surface area contributed by atoms with E-state index in [9.17, 15) is 0 Å². The van der Waals surface area contributed by atoms with Gasteiger partial charge in [0, 0.05) is 0 Å². The first kappa shape index (κ1) is 16.1. The van der Waals surface area contributed by atoms with Crippen molar-refractivity contribution >= 4 is 11.3 Å². The van der Waals surface area contributed by atoms with Crippen LogP contribution in [0.4, 0.5) is 0 Å². The molecule has 0 aliphatic carbocycles. The quantitative estimate of drug-likeness (QED) is 0.783. The molecule has 0 spiro atoms. The average Bonchev–Trinajstić information content (AvgIpc) is 2.87. The third kappa shape index (κ3) is 4.32. The van der Waals surface area contributed by atoms with E-state index in [4.69, 9.17) is 4.74 Å². The van der Waals surface area contributed by atoms with Crippen LogP contribution in [-0.2, 0) is 0 Å². The van der Waals surface area contributed by atoms with Gasteiger partial charge in [0.15, 0.2) is 0 Å². The fourth-order valence-electron chi connectivity index (χ4n) is 2.37. The molecule has 3 heteroatoms. The highest BCUT2D eigenvalue weighted by atomic mass is 32.1. The maximum Gasteiger partial charge on any atom is 0.119 e. The second kappa shape index (κ2) is 7.62. The average molecular weight is 303 g/mol. The zero-order valence-corrected chi connectivity index (χ0v) is 14.2. The van der Waals surface area contributed by atoms with Gasteiger partial charge in [-0.25, -0.2) is 0 Å². The van der Waals surface area contributed by atoms with Crippen LogP contribution in [0.3, 0.4) is 0 Å². The number of rotatable bonds is 7. The van der Waals surface area contributed by atoms with Gasteiger partial charge in [0.2, 0.25) is 0 Å². The monoisotopic (exact) mass is 303 g/mol. The van der Waals surface area contributed by atoms with Gasteiger partial charge in [-0.05, 0) is 73.3 Å². The maximum atomic E-state index is 5.73. The highest BCUT2D eigenvalue weighted by Gasteiger charge is 2.16. The lowest BCUT2D eigenvalue weighted by Crippen LogP contribution is -2.23. The minimum absolute atomic E-state index is 0.212. The van der Waals surface area contributed by atoms with Crippen molar-refractivity contribution in [3.05, 3.63) is 51.7 Å². The van der Waals surface area contributed by atoms with Crippen LogP contribution in [-0.4, -0.2) is 12.6 Å². The Bertz CT molecular complexity index is 545. The van der Waals surface area contributed by atoms with Crippen LogP contribution in [0.1, 0.15) is 49.9 Å². The molecule has 114 valence electrons. The lowest BCUT2D eigenvalue weighted by molar-refractivity contribution is 0.242. The van der Waals surface area contributed by atoms with Gasteiger partial charge in [-0.15, -0.1) is 0 Å². The lowest BCUT2D eigenvalue weighted by atomic mass is 9.98. The number of aryl methyl sites for hydroxylation is 1. The van der Waals surface area contributed by atoms with Crippen molar-refractivity contribution < 1.29 is 4.74 Å². The van der Waals surface area contributed by atoms with Crippen molar-refractivity contribution in [2.45, 2.75) is 46.3 Å². The predicted octanol–water partition coefficient (Wildman–Crippen LogP) is 4.93. The highest BCUT2D eigenvalue weighted by molar-refractivity contribution is 7.08. The summed E-state index contributed by atoms with van der Waals surface area (Å²) in [6.45, 7) is 9.50. The van der Waals surface area contributed by atoms with Gasteiger partial charge < -0.3 is 10.1 Å². The fraction of sp³-hybridized carbons (Fsp3) is 0.444. The summed E-state index contributed by atoms with van der Waals surface area (Å²) in [5, 5.41) is 8.12. The van der Waals surface area contributed by atoms with E-state index in [2.05, 4.69) is 54.2 Å². The summed E-state index contributed by atoms with van der Waals surface area (Å²) in [6.07, 6.45) is 1.35. The van der Waals surface area contributed by atoms with Crippen LogP contribution in [0.5, 0.6) is 5.75 Å². The number of thiophene rings is 1. The van der Waals surface area contributed by atoms with Crippen LogP contribution < -0.4 is 10.1 Å². The lowest BCUT2D eigenvalue weighted by Gasteiger charge is -2.20. The standard InChI is InChI=1S/C18H25NOS/c1-5-10-19-18(17-12-21-11-14(17)4)15-6-8-16(9-7-15)20-13(2)3/h6-9,11-13,18-19H,5,10H2,1-4H3. The van der Waals surface area contributed by atoms with Crippen molar-refractivity contribution in [2.75, 3.05) is 6.54 Å². The Kier molecular flexibility index (Phi) is 5.83. The summed E-state index contributed by atoms with van der Waals surface area (Å²) in [5.41, 5.74) is 4.03. The molecule has 21 heavy (non-hydrogen) atoms. The first-order chi connectivity index (χ1) is 10.1. The smallest absolute Gasteiger partial charge is 0.119 e. The third-order valence-electron chi connectivity index (χ3n) is 3.39. The molecule has 1 aromatic heterocycles. The molecule has 0 saturated carbocycles. The fourth-order valence-corrected chi connectivity index (χ4v) is 3.25. The van der Waals surface area contributed by atoms with Crippen molar-refractivity contribution in [1.82, 2.24) is 5.32 Å². The van der Waals surface area contributed by atoms with Crippen LogP contribution >= 0.6 is 11.3 Å². The van der Waals surface area contributed by atoms with Crippen molar-refractivity contribution in [3.8, 4) is 5.75 Å². The Hall–Kier alpha value is -1.32. The van der Waals surface area contributed by atoms with E-state index in [1.807, 2.05) is 13.8 Å². The summed E-state index contributed by atoms with van der Waals surface area (Å²) in [6, 6.07) is 8.74. The molecule has 2 nitrogen and oxygen atoms in total. The van der Waals surface area contributed by atoms with E-state index in [1.54, 1.807) is 11.3 Å². The maximum absolute atomic E-state index is 5.73. The zero-order valence-electron chi connectivity index (χ0n) is 13.3. The summed E-state index contributed by atoms with van der Waals surface area (Å²) < 4.78 is 5.73. The van der Waals surface area contributed by atoms with Crippen molar-refractivity contribution in [3.63, 3.8) is 0 Å².